The molecule has 86 valence electrons. The van der Waals surface area contributed by atoms with Gasteiger partial charge in [-0.15, -0.1) is 5.43 Å². The second-order valence-electron chi connectivity index (χ2n) is 3.35. The average Bonchev–Trinajstić information content (AvgIpc) is 2.34. The fourth-order valence-electron chi connectivity index (χ4n) is 1.29. The summed E-state index contributed by atoms with van der Waals surface area (Å²) in [5.74, 6) is -0.250. The van der Waals surface area contributed by atoms with Gasteiger partial charge in [0.1, 0.15) is 0 Å². The molecule has 1 heterocycles. The molecule has 1 amide bonds. The summed E-state index contributed by atoms with van der Waals surface area (Å²) >= 11 is 11.6. The van der Waals surface area contributed by atoms with Crippen molar-refractivity contribution in [3.8, 4) is 0 Å². The topological polar surface area (TPSA) is 33.0 Å². The lowest BCUT2D eigenvalue weighted by molar-refractivity contribution is -0.641. The molecule has 1 N–H and O–H groups in total. The maximum absolute atomic E-state index is 11.8. The Bertz CT molecular complexity index is 543. The number of carbonyl (C=O) groups excluding carboxylic acids is 1. The number of carbonyl (C=O) groups is 1. The number of nitrogens with one attached hydrogen (secondary N) is 1. The normalized spacial score (nSPS) is 10.0. The summed E-state index contributed by atoms with van der Waals surface area (Å²) in [6.07, 6.45) is 3.46. The number of benzene rings is 1. The second-order valence-corrected chi connectivity index (χ2v) is 4.17. The zero-order valence-corrected chi connectivity index (χ0v) is 10.2. The molecule has 1 aromatic heterocycles. The monoisotopic (exact) mass is 267 g/mol. The first-order valence-electron chi connectivity index (χ1n) is 4.89. The minimum Gasteiger partial charge on any atom is -0.264 e. The van der Waals surface area contributed by atoms with Gasteiger partial charge in [0.15, 0.2) is 12.4 Å². The van der Waals surface area contributed by atoms with Crippen molar-refractivity contribution in [2.45, 2.75) is 0 Å². The van der Waals surface area contributed by atoms with Gasteiger partial charge in [0.2, 0.25) is 0 Å². The summed E-state index contributed by atoms with van der Waals surface area (Å²) < 4.78 is 1.56. The molecule has 0 bridgehead atoms. The van der Waals surface area contributed by atoms with Crippen molar-refractivity contribution < 1.29 is 9.47 Å². The number of amides is 1. The molecule has 0 atom stereocenters. The number of pyridine rings is 1. The van der Waals surface area contributed by atoms with Gasteiger partial charge in [-0.1, -0.05) is 33.9 Å². The third kappa shape index (κ3) is 2.96. The molecule has 0 unspecified atom stereocenters. The van der Waals surface area contributed by atoms with Crippen LogP contribution in [0.3, 0.4) is 0 Å². The van der Waals surface area contributed by atoms with E-state index in [2.05, 4.69) is 5.43 Å². The van der Waals surface area contributed by atoms with Crippen LogP contribution in [-0.4, -0.2) is 5.91 Å². The van der Waals surface area contributed by atoms with Crippen molar-refractivity contribution in [1.82, 2.24) is 0 Å². The number of hydrogen-bond donors (Lipinski definition) is 1. The van der Waals surface area contributed by atoms with E-state index in [0.717, 1.165) is 0 Å². The van der Waals surface area contributed by atoms with Crippen LogP contribution in [0.25, 0.3) is 0 Å². The molecule has 0 spiro atoms. The molecule has 3 nitrogen and oxygen atoms in total. The molecule has 1 aromatic carbocycles. The molecule has 5 heteroatoms. The SMILES string of the molecule is O=C(N[n+]1ccccc1)c1ccc(Cl)c(Cl)c1. The summed E-state index contributed by atoms with van der Waals surface area (Å²) in [6, 6.07) is 10.2. The number of halogens is 2. The van der Waals surface area contributed by atoms with Crippen LogP contribution in [0.1, 0.15) is 10.4 Å². The highest BCUT2D eigenvalue weighted by Crippen LogP contribution is 2.22. The number of rotatable bonds is 2. The lowest BCUT2D eigenvalue weighted by atomic mass is 10.2. The lowest BCUT2D eigenvalue weighted by Gasteiger charge is -2.01. The summed E-state index contributed by atoms with van der Waals surface area (Å²) in [5, 5.41) is 0.785. The van der Waals surface area contributed by atoms with E-state index in [1.807, 2.05) is 18.2 Å². The summed E-state index contributed by atoms with van der Waals surface area (Å²) in [4.78, 5) is 11.8. The molecule has 0 saturated heterocycles. The number of aromatic nitrogens is 1. The molecule has 0 radical (unpaired) electrons. The maximum Gasteiger partial charge on any atom is 0.305 e. The van der Waals surface area contributed by atoms with Gasteiger partial charge in [0, 0.05) is 17.7 Å². The fraction of sp³-hybridized carbons (Fsp3) is 0. The number of hydrogen-bond acceptors (Lipinski definition) is 1. The third-order valence-electron chi connectivity index (χ3n) is 2.13. The van der Waals surface area contributed by atoms with Gasteiger partial charge in [-0.3, -0.25) is 4.79 Å². The summed E-state index contributed by atoms with van der Waals surface area (Å²) in [7, 11) is 0. The molecule has 2 aromatic rings. The highest BCUT2D eigenvalue weighted by Gasteiger charge is 2.11. The first kappa shape index (κ1) is 11.9. The Hall–Kier alpha value is -1.58. The van der Waals surface area contributed by atoms with E-state index < -0.39 is 0 Å². The van der Waals surface area contributed by atoms with Crippen molar-refractivity contribution in [3.63, 3.8) is 0 Å². The van der Waals surface area contributed by atoms with Crippen molar-refractivity contribution >= 4 is 29.1 Å². The van der Waals surface area contributed by atoms with E-state index in [9.17, 15) is 4.79 Å². The van der Waals surface area contributed by atoms with Gasteiger partial charge < -0.3 is 0 Å². The Kier molecular flexibility index (Phi) is 3.61. The quantitative estimate of drug-likeness (QED) is 0.834. The first-order chi connectivity index (χ1) is 8.16. The minimum absolute atomic E-state index is 0.250. The predicted molar refractivity (Wildman–Crippen MR) is 66.8 cm³/mol. The Balaban J connectivity index is 2.18. The molecule has 0 aliphatic carbocycles. The molecular weight excluding hydrogens is 259 g/mol. The maximum atomic E-state index is 11.8. The molecule has 17 heavy (non-hydrogen) atoms. The van der Waals surface area contributed by atoms with Crippen molar-refractivity contribution in [2.24, 2.45) is 0 Å². The van der Waals surface area contributed by atoms with Crippen LogP contribution < -0.4 is 10.1 Å². The minimum atomic E-state index is -0.250. The molecule has 0 fully saturated rings. The van der Waals surface area contributed by atoms with Gasteiger partial charge in [-0.25, -0.2) is 0 Å². The van der Waals surface area contributed by atoms with Gasteiger partial charge in [-0.2, -0.15) is 0 Å². The van der Waals surface area contributed by atoms with Gasteiger partial charge in [0.05, 0.1) is 10.0 Å². The van der Waals surface area contributed by atoms with Crippen LogP contribution in [0, 0.1) is 0 Å². The smallest absolute Gasteiger partial charge is 0.264 e. The van der Waals surface area contributed by atoms with E-state index in [-0.39, 0.29) is 5.91 Å². The third-order valence-corrected chi connectivity index (χ3v) is 2.87. The lowest BCUT2D eigenvalue weighted by Crippen LogP contribution is -2.47. The van der Waals surface area contributed by atoms with Crippen LogP contribution in [0.5, 0.6) is 0 Å². The van der Waals surface area contributed by atoms with E-state index in [0.29, 0.717) is 15.6 Å². The van der Waals surface area contributed by atoms with Gasteiger partial charge in [-0.05, 0) is 18.2 Å². The predicted octanol–water partition coefficient (Wildman–Crippen LogP) is 2.66. The van der Waals surface area contributed by atoms with E-state index >= 15 is 0 Å². The fourth-order valence-corrected chi connectivity index (χ4v) is 1.59. The Labute approximate surface area is 109 Å². The van der Waals surface area contributed by atoms with Crippen LogP contribution in [0.15, 0.2) is 48.8 Å². The number of nitrogens with zero attached hydrogens (tertiary/aromatic N) is 1. The highest BCUT2D eigenvalue weighted by molar-refractivity contribution is 6.42. The molecule has 0 aliphatic rings. The standard InChI is InChI=1S/C12H8Cl2N2O/c13-10-5-4-9(8-11(10)14)12(17)15-16-6-2-1-3-7-16/h1-8H/p+1. The van der Waals surface area contributed by atoms with Crippen LogP contribution in [0.4, 0.5) is 0 Å². The summed E-state index contributed by atoms with van der Waals surface area (Å²) in [5.41, 5.74) is 3.14. The Morgan fingerprint density at radius 1 is 1.06 bits per heavy atom. The zero-order chi connectivity index (χ0) is 12.3. The van der Waals surface area contributed by atoms with Gasteiger partial charge >= 0.3 is 5.91 Å². The highest BCUT2D eigenvalue weighted by atomic mass is 35.5. The zero-order valence-electron chi connectivity index (χ0n) is 8.73. The van der Waals surface area contributed by atoms with Crippen LogP contribution >= 0.6 is 23.2 Å². The van der Waals surface area contributed by atoms with E-state index in [1.165, 1.54) is 6.07 Å². The van der Waals surface area contributed by atoms with E-state index in [4.69, 9.17) is 23.2 Å². The molecule has 0 aliphatic heterocycles. The molecule has 0 saturated carbocycles. The Morgan fingerprint density at radius 3 is 2.41 bits per heavy atom. The molecule has 2 rings (SSSR count). The molecular formula is C12H9Cl2N2O+. The van der Waals surface area contributed by atoms with Crippen molar-refractivity contribution in [3.05, 3.63) is 64.4 Å². The van der Waals surface area contributed by atoms with Gasteiger partial charge in [0.25, 0.3) is 0 Å². The van der Waals surface area contributed by atoms with E-state index in [1.54, 1.807) is 29.2 Å². The van der Waals surface area contributed by atoms with Crippen molar-refractivity contribution in [1.29, 1.82) is 0 Å². The first-order valence-corrected chi connectivity index (χ1v) is 5.65. The summed E-state index contributed by atoms with van der Waals surface area (Å²) in [6.45, 7) is 0. The van der Waals surface area contributed by atoms with Crippen LogP contribution in [-0.2, 0) is 0 Å². The largest absolute Gasteiger partial charge is 0.305 e. The Morgan fingerprint density at radius 2 is 1.76 bits per heavy atom. The van der Waals surface area contributed by atoms with Crippen molar-refractivity contribution in [2.75, 3.05) is 5.43 Å². The second kappa shape index (κ2) is 5.17. The average molecular weight is 268 g/mol. The van der Waals surface area contributed by atoms with Crippen LogP contribution in [0.2, 0.25) is 10.0 Å².